The van der Waals surface area contributed by atoms with E-state index in [9.17, 15) is 4.79 Å². The minimum absolute atomic E-state index is 0.0410. The SMILES string of the molecule is Cc1cc(N)ccc1NC(=O)C(C)N1CCN(C)CC1C. The van der Waals surface area contributed by atoms with E-state index in [2.05, 4.69) is 29.1 Å². The summed E-state index contributed by atoms with van der Waals surface area (Å²) in [6, 6.07) is 5.80. The Hall–Kier alpha value is -1.59. The number of hydrogen-bond donors (Lipinski definition) is 2. The molecule has 1 aromatic rings. The zero-order valence-corrected chi connectivity index (χ0v) is 13.4. The lowest BCUT2D eigenvalue weighted by Crippen LogP contribution is -2.56. The predicted octanol–water partition coefficient (Wildman–Crippen LogP) is 1.54. The Labute approximate surface area is 127 Å². The van der Waals surface area contributed by atoms with Gasteiger partial charge in [-0.2, -0.15) is 0 Å². The first-order valence-corrected chi connectivity index (χ1v) is 7.49. The zero-order chi connectivity index (χ0) is 15.6. The molecule has 2 rings (SSSR count). The number of rotatable bonds is 3. The lowest BCUT2D eigenvalue weighted by molar-refractivity contribution is -0.122. The van der Waals surface area contributed by atoms with Crippen LogP contribution in [-0.2, 0) is 4.79 Å². The van der Waals surface area contributed by atoms with E-state index in [1.807, 2.05) is 32.0 Å². The molecule has 1 aromatic carbocycles. The highest BCUT2D eigenvalue weighted by atomic mass is 16.2. The van der Waals surface area contributed by atoms with Crippen molar-refractivity contribution in [2.75, 3.05) is 37.7 Å². The van der Waals surface area contributed by atoms with Crippen molar-refractivity contribution in [3.63, 3.8) is 0 Å². The van der Waals surface area contributed by atoms with Crippen LogP contribution in [0.2, 0.25) is 0 Å². The van der Waals surface area contributed by atoms with Gasteiger partial charge in [0.25, 0.3) is 0 Å². The number of anilines is 2. The van der Waals surface area contributed by atoms with Crippen LogP contribution in [0.3, 0.4) is 0 Å². The van der Waals surface area contributed by atoms with Crippen molar-refractivity contribution in [3.05, 3.63) is 23.8 Å². The molecule has 2 atom stereocenters. The summed E-state index contributed by atoms with van der Waals surface area (Å²) >= 11 is 0. The first-order chi connectivity index (χ1) is 9.88. The summed E-state index contributed by atoms with van der Waals surface area (Å²) in [6.45, 7) is 9.03. The van der Waals surface area contributed by atoms with Gasteiger partial charge in [0, 0.05) is 37.1 Å². The third kappa shape index (κ3) is 3.74. The molecule has 1 heterocycles. The summed E-state index contributed by atoms with van der Waals surface area (Å²) in [5.74, 6) is 0.0410. The second-order valence-corrected chi connectivity index (χ2v) is 6.09. The van der Waals surface area contributed by atoms with Crippen LogP contribution in [0.4, 0.5) is 11.4 Å². The van der Waals surface area contributed by atoms with E-state index >= 15 is 0 Å². The third-order valence-electron chi connectivity index (χ3n) is 4.27. The van der Waals surface area contributed by atoms with Crippen molar-refractivity contribution >= 4 is 17.3 Å². The van der Waals surface area contributed by atoms with Crippen molar-refractivity contribution in [1.82, 2.24) is 9.80 Å². The number of hydrogen-bond acceptors (Lipinski definition) is 4. The average molecular weight is 290 g/mol. The molecule has 3 N–H and O–H groups in total. The monoisotopic (exact) mass is 290 g/mol. The number of nitrogens with two attached hydrogens (primary N) is 1. The first-order valence-electron chi connectivity index (χ1n) is 7.49. The molecular weight excluding hydrogens is 264 g/mol. The molecule has 0 aromatic heterocycles. The maximum absolute atomic E-state index is 12.5. The fourth-order valence-corrected chi connectivity index (χ4v) is 2.94. The Morgan fingerprint density at radius 2 is 2.14 bits per heavy atom. The Morgan fingerprint density at radius 3 is 2.76 bits per heavy atom. The van der Waals surface area contributed by atoms with E-state index in [0.717, 1.165) is 30.9 Å². The average Bonchev–Trinajstić information content (AvgIpc) is 2.41. The van der Waals surface area contributed by atoms with E-state index < -0.39 is 0 Å². The summed E-state index contributed by atoms with van der Waals surface area (Å²) < 4.78 is 0. The Morgan fingerprint density at radius 1 is 1.43 bits per heavy atom. The van der Waals surface area contributed by atoms with Crippen LogP contribution in [-0.4, -0.2) is 54.5 Å². The number of amides is 1. The molecule has 1 amide bonds. The quantitative estimate of drug-likeness (QED) is 0.829. The second kappa shape index (κ2) is 6.45. The molecule has 5 heteroatoms. The smallest absolute Gasteiger partial charge is 0.241 e. The van der Waals surface area contributed by atoms with E-state index in [1.54, 1.807) is 0 Å². The van der Waals surface area contributed by atoms with Crippen LogP contribution in [0.1, 0.15) is 19.4 Å². The van der Waals surface area contributed by atoms with E-state index in [1.165, 1.54) is 0 Å². The summed E-state index contributed by atoms with van der Waals surface area (Å²) in [4.78, 5) is 17.0. The first kappa shape index (κ1) is 15.8. The van der Waals surface area contributed by atoms with Gasteiger partial charge in [0.15, 0.2) is 0 Å². The summed E-state index contributed by atoms with van der Waals surface area (Å²) in [5, 5.41) is 3.02. The second-order valence-electron chi connectivity index (χ2n) is 6.09. The standard InChI is InChI=1S/C16H26N4O/c1-11-9-14(17)5-6-15(11)18-16(21)13(3)20-8-7-19(4)10-12(20)2/h5-6,9,12-13H,7-8,10,17H2,1-4H3,(H,18,21). The number of nitrogens with one attached hydrogen (secondary N) is 1. The Bertz CT molecular complexity index is 517. The molecule has 116 valence electrons. The van der Waals surface area contributed by atoms with E-state index in [4.69, 9.17) is 5.73 Å². The van der Waals surface area contributed by atoms with Crippen molar-refractivity contribution in [2.45, 2.75) is 32.9 Å². The molecule has 5 nitrogen and oxygen atoms in total. The number of nitrogens with zero attached hydrogens (tertiary/aromatic N) is 2. The highest BCUT2D eigenvalue weighted by molar-refractivity contribution is 5.95. The summed E-state index contributed by atoms with van der Waals surface area (Å²) in [6.07, 6.45) is 0. The maximum Gasteiger partial charge on any atom is 0.241 e. The molecule has 1 aliphatic heterocycles. The molecule has 1 aliphatic rings. The summed E-state index contributed by atoms with van der Waals surface area (Å²) in [5.41, 5.74) is 8.28. The molecule has 0 aliphatic carbocycles. The van der Waals surface area contributed by atoms with Crippen LogP contribution in [0.15, 0.2) is 18.2 Å². The normalized spacial score (nSPS) is 22.0. The minimum Gasteiger partial charge on any atom is -0.399 e. The largest absolute Gasteiger partial charge is 0.399 e. The number of nitrogen functional groups attached to an aromatic ring is 1. The van der Waals surface area contributed by atoms with Gasteiger partial charge in [-0.1, -0.05) is 0 Å². The van der Waals surface area contributed by atoms with Crippen LogP contribution in [0.5, 0.6) is 0 Å². The van der Waals surface area contributed by atoms with Crippen LogP contribution in [0.25, 0.3) is 0 Å². The van der Waals surface area contributed by atoms with Crippen molar-refractivity contribution in [2.24, 2.45) is 0 Å². The molecule has 0 bridgehead atoms. The Balaban J connectivity index is 2.02. The summed E-state index contributed by atoms with van der Waals surface area (Å²) in [7, 11) is 2.12. The van der Waals surface area contributed by atoms with Crippen LogP contribution >= 0.6 is 0 Å². The van der Waals surface area contributed by atoms with E-state index in [0.29, 0.717) is 11.7 Å². The number of carbonyl (C=O) groups is 1. The molecule has 1 saturated heterocycles. The van der Waals surface area contributed by atoms with Crippen LogP contribution < -0.4 is 11.1 Å². The lowest BCUT2D eigenvalue weighted by atomic mass is 10.1. The van der Waals surface area contributed by atoms with Crippen LogP contribution in [0, 0.1) is 6.92 Å². The number of carbonyl (C=O) groups excluding carboxylic acids is 1. The Kier molecular flexibility index (Phi) is 4.85. The maximum atomic E-state index is 12.5. The molecule has 21 heavy (non-hydrogen) atoms. The zero-order valence-electron chi connectivity index (χ0n) is 13.4. The molecule has 2 unspecified atom stereocenters. The fraction of sp³-hybridized carbons (Fsp3) is 0.562. The minimum atomic E-state index is -0.134. The predicted molar refractivity (Wildman–Crippen MR) is 87.3 cm³/mol. The fourth-order valence-electron chi connectivity index (χ4n) is 2.94. The van der Waals surface area contributed by atoms with Gasteiger partial charge in [-0.3, -0.25) is 9.69 Å². The topological polar surface area (TPSA) is 61.6 Å². The van der Waals surface area contributed by atoms with Gasteiger partial charge < -0.3 is 16.0 Å². The van der Waals surface area contributed by atoms with Gasteiger partial charge in [0.2, 0.25) is 5.91 Å². The van der Waals surface area contributed by atoms with Gasteiger partial charge in [-0.15, -0.1) is 0 Å². The molecule has 0 radical (unpaired) electrons. The molecule has 0 saturated carbocycles. The highest BCUT2D eigenvalue weighted by Crippen LogP contribution is 2.19. The van der Waals surface area contributed by atoms with Crippen molar-refractivity contribution in [3.8, 4) is 0 Å². The van der Waals surface area contributed by atoms with Crippen molar-refractivity contribution < 1.29 is 4.79 Å². The highest BCUT2D eigenvalue weighted by Gasteiger charge is 2.29. The van der Waals surface area contributed by atoms with Gasteiger partial charge in [-0.25, -0.2) is 0 Å². The van der Waals surface area contributed by atoms with Gasteiger partial charge in [-0.05, 0) is 51.6 Å². The van der Waals surface area contributed by atoms with Crippen molar-refractivity contribution in [1.29, 1.82) is 0 Å². The lowest BCUT2D eigenvalue weighted by Gasteiger charge is -2.41. The number of likely N-dealkylation sites (N-methyl/N-ethyl adjacent to an activating group) is 1. The van der Waals surface area contributed by atoms with Gasteiger partial charge >= 0.3 is 0 Å². The van der Waals surface area contributed by atoms with Gasteiger partial charge in [0.05, 0.1) is 6.04 Å². The third-order valence-corrected chi connectivity index (χ3v) is 4.27. The van der Waals surface area contributed by atoms with Gasteiger partial charge in [0.1, 0.15) is 0 Å². The molecule has 1 fully saturated rings. The molecule has 0 spiro atoms. The number of benzene rings is 1. The number of piperazine rings is 1. The molecular formula is C16H26N4O. The number of aryl methyl sites for hydroxylation is 1. The van der Waals surface area contributed by atoms with E-state index in [-0.39, 0.29) is 11.9 Å².